The van der Waals surface area contributed by atoms with Crippen molar-refractivity contribution >= 4 is 5.91 Å². The quantitative estimate of drug-likeness (QED) is 0.845. The van der Waals surface area contributed by atoms with Crippen LogP contribution in [0.1, 0.15) is 42.5 Å². The summed E-state index contributed by atoms with van der Waals surface area (Å²) in [7, 11) is 0. The van der Waals surface area contributed by atoms with Gasteiger partial charge in [-0.1, -0.05) is 0 Å². The highest BCUT2D eigenvalue weighted by Gasteiger charge is 2.43. The van der Waals surface area contributed by atoms with Gasteiger partial charge in [0.05, 0.1) is 18.8 Å². The molecule has 2 atom stereocenters. The number of piperidine rings is 2. The Bertz CT molecular complexity index is 655. The molecule has 0 radical (unpaired) electrons. The second kappa shape index (κ2) is 7.78. The number of carbonyl (C=O) groups excluding carboxylic acids is 1. The Hall–Kier alpha value is -1.63. The second-order valence-electron chi connectivity index (χ2n) is 8.53. The summed E-state index contributed by atoms with van der Waals surface area (Å²) >= 11 is 0. The fraction of sp³-hybridized carbons (Fsp3) is 0.667. The molecule has 4 rings (SSSR count). The smallest absolute Gasteiger partial charge is 0.253 e. The van der Waals surface area contributed by atoms with Crippen molar-refractivity contribution in [2.45, 2.75) is 44.3 Å². The Morgan fingerprint density at radius 2 is 1.93 bits per heavy atom. The highest BCUT2D eigenvalue weighted by Crippen LogP contribution is 2.42. The summed E-state index contributed by atoms with van der Waals surface area (Å²) in [6.07, 6.45) is 5.05. The molecular formula is C21H30N2O4. The van der Waals surface area contributed by atoms with Gasteiger partial charge in [-0.3, -0.25) is 9.69 Å². The first-order chi connectivity index (χ1) is 13.0. The number of β-amino-alcohol motifs (C(OH)–C–C–N with tert-alkyl or cyclic N) is 1. The Morgan fingerprint density at radius 1 is 1.19 bits per heavy atom. The van der Waals surface area contributed by atoms with Crippen molar-refractivity contribution in [3.05, 3.63) is 29.8 Å². The summed E-state index contributed by atoms with van der Waals surface area (Å²) in [6.45, 7) is 5.04. The van der Waals surface area contributed by atoms with E-state index in [9.17, 15) is 15.0 Å². The Balaban J connectivity index is 1.28. The minimum absolute atomic E-state index is 0.0441. The predicted molar refractivity (Wildman–Crippen MR) is 102 cm³/mol. The van der Waals surface area contributed by atoms with Crippen LogP contribution in [0.5, 0.6) is 5.75 Å². The Morgan fingerprint density at radius 3 is 2.63 bits per heavy atom. The van der Waals surface area contributed by atoms with Crippen molar-refractivity contribution in [1.82, 2.24) is 9.80 Å². The van der Waals surface area contributed by atoms with Gasteiger partial charge in [-0.25, -0.2) is 0 Å². The minimum atomic E-state index is -0.191. The van der Waals surface area contributed by atoms with Crippen LogP contribution in [0.25, 0.3) is 0 Å². The van der Waals surface area contributed by atoms with Crippen LogP contribution in [0.3, 0.4) is 0 Å². The molecule has 148 valence electrons. The molecule has 3 aliphatic rings. The van der Waals surface area contributed by atoms with Crippen LogP contribution in [0, 0.1) is 5.41 Å². The number of aromatic hydroxyl groups is 1. The van der Waals surface area contributed by atoms with E-state index in [2.05, 4.69) is 4.90 Å². The predicted octanol–water partition coefficient (Wildman–Crippen LogP) is 1.86. The highest BCUT2D eigenvalue weighted by atomic mass is 16.5. The normalized spacial score (nSPS) is 28.6. The molecule has 6 nitrogen and oxygen atoms in total. The number of amides is 1. The molecule has 0 unspecified atom stereocenters. The molecule has 0 saturated carbocycles. The van der Waals surface area contributed by atoms with E-state index in [0.717, 1.165) is 71.4 Å². The molecule has 3 saturated heterocycles. The van der Waals surface area contributed by atoms with E-state index in [1.807, 2.05) is 4.90 Å². The highest BCUT2D eigenvalue weighted by molar-refractivity contribution is 5.94. The summed E-state index contributed by atoms with van der Waals surface area (Å²) < 4.78 is 6.12. The van der Waals surface area contributed by atoms with Gasteiger partial charge < -0.3 is 19.8 Å². The van der Waals surface area contributed by atoms with Gasteiger partial charge in [0.2, 0.25) is 0 Å². The molecule has 2 N–H and O–H groups in total. The maximum Gasteiger partial charge on any atom is 0.253 e. The van der Waals surface area contributed by atoms with Gasteiger partial charge in [0, 0.05) is 31.7 Å². The first-order valence-corrected chi connectivity index (χ1v) is 10.1. The Kier molecular flexibility index (Phi) is 5.39. The van der Waals surface area contributed by atoms with Crippen LogP contribution in [0.4, 0.5) is 0 Å². The molecule has 6 heteroatoms. The number of hydrogen-bond acceptors (Lipinski definition) is 5. The monoisotopic (exact) mass is 374 g/mol. The van der Waals surface area contributed by atoms with E-state index < -0.39 is 0 Å². The first kappa shape index (κ1) is 18.7. The number of likely N-dealkylation sites (tertiary alicyclic amines) is 2. The van der Waals surface area contributed by atoms with E-state index in [1.54, 1.807) is 24.3 Å². The molecule has 0 aliphatic carbocycles. The van der Waals surface area contributed by atoms with E-state index in [1.165, 1.54) is 0 Å². The molecular weight excluding hydrogens is 344 g/mol. The number of nitrogens with zero attached hydrogens (tertiary/aromatic N) is 2. The SMILES string of the molecule is O=C(c1ccc(O)cc1)N1CCC2(CC1)CO[C@@H](CN1CCC[C@H](O)C1)C2. The number of aliphatic hydroxyl groups excluding tert-OH is 1. The van der Waals surface area contributed by atoms with Crippen LogP contribution in [0.15, 0.2) is 24.3 Å². The van der Waals surface area contributed by atoms with Crippen molar-refractivity contribution in [2.75, 3.05) is 39.3 Å². The summed E-state index contributed by atoms with van der Waals surface area (Å²) in [6, 6.07) is 6.49. The third-order valence-corrected chi connectivity index (χ3v) is 6.45. The summed E-state index contributed by atoms with van der Waals surface area (Å²) in [5.41, 5.74) is 0.832. The molecule has 1 aromatic rings. The van der Waals surface area contributed by atoms with Crippen LogP contribution >= 0.6 is 0 Å². The van der Waals surface area contributed by atoms with Crippen molar-refractivity contribution in [1.29, 1.82) is 0 Å². The molecule has 1 amide bonds. The van der Waals surface area contributed by atoms with Gasteiger partial charge >= 0.3 is 0 Å². The van der Waals surface area contributed by atoms with E-state index in [0.29, 0.717) is 5.56 Å². The zero-order valence-electron chi connectivity index (χ0n) is 15.8. The first-order valence-electron chi connectivity index (χ1n) is 10.1. The van der Waals surface area contributed by atoms with Crippen molar-refractivity contribution in [3.8, 4) is 5.75 Å². The molecule has 3 aliphatic heterocycles. The third kappa shape index (κ3) is 4.28. The van der Waals surface area contributed by atoms with Gasteiger partial charge in [0.15, 0.2) is 0 Å². The summed E-state index contributed by atoms with van der Waals surface area (Å²) in [4.78, 5) is 16.9. The van der Waals surface area contributed by atoms with Gasteiger partial charge in [0.1, 0.15) is 5.75 Å². The van der Waals surface area contributed by atoms with Gasteiger partial charge in [0.25, 0.3) is 5.91 Å². The number of hydrogen-bond donors (Lipinski definition) is 2. The van der Waals surface area contributed by atoms with Crippen molar-refractivity contribution in [3.63, 3.8) is 0 Å². The van der Waals surface area contributed by atoms with Crippen molar-refractivity contribution < 1.29 is 19.7 Å². The molecule has 1 aromatic carbocycles. The number of rotatable bonds is 3. The van der Waals surface area contributed by atoms with E-state index in [4.69, 9.17) is 4.74 Å². The average molecular weight is 374 g/mol. The molecule has 3 heterocycles. The fourth-order valence-corrected chi connectivity index (χ4v) is 4.82. The van der Waals surface area contributed by atoms with Crippen molar-refractivity contribution in [2.24, 2.45) is 5.41 Å². The molecule has 0 aromatic heterocycles. The lowest BCUT2D eigenvalue weighted by Gasteiger charge is -2.38. The number of phenolic OH excluding ortho intramolecular Hbond substituents is 1. The third-order valence-electron chi connectivity index (χ3n) is 6.45. The van der Waals surface area contributed by atoms with Crippen LogP contribution in [0.2, 0.25) is 0 Å². The number of phenols is 1. The zero-order chi connectivity index (χ0) is 18.9. The lowest BCUT2D eigenvalue weighted by molar-refractivity contribution is 0.0227. The second-order valence-corrected chi connectivity index (χ2v) is 8.53. The minimum Gasteiger partial charge on any atom is -0.508 e. The molecule has 27 heavy (non-hydrogen) atoms. The largest absolute Gasteiger partial charge is 0.508 e. The lowest BCUT2D eigenvalue weighted by atomic mass is 9.76. The number of carbonyl (C=O) groups is 1. The Labute approximate surface area is 160 Å². The number of aliphatic hydroxyl groups is 1. The van der Waals surface area contributed by atoms with Crippen LogP contribution < -0.4 is 0 Å². The van der Waals surface area contributed by atoms with E-state index in [-0.39, 0.29) is 29.3 Å². The molecule has 3 fully saturated rings. The van der Waals surface area contributed by atoms with Gasteiger partial charge in [-0.05, 0) is 68.3 Å². The standard InChI is InChI=1S/C21H30N2O4/c24-17-5-3-16(4-6-17)20(26)23-10-7-21(8-11-23)12-19(27-15-21)14-22-9-1-2-18(25)13-22/h3-6,18-19,24-25H,1-2,7-15H2/t18-,19+/m0/s1. The summed E-state index contributed by atoms with van der Waals surface area (Å²) in [5, 5.41) is 19.2. The van der Waals surface area contributed by atoms with E-state index >= 15 is 0 Å². The summed E-state index contributed by atoms with van der Waals surface area (Å²) in [5.74, 6) is 0.224. The van der Waals surface area contributed by atoms with Crippen LogP contribution in [-0.4, -0.2) is 77.5 Å². The van der Waals surface area contributed by atoms with Gasteiger partial charge in [-0.2, -0.15) is 0 Å². The maximum atomic E-state index is 12.7. The zero-order valence-corrected chi connectivity index (χ0v) is 15.8. The molecule has 0 bridgehead atoms. The molecule has 1 spiro atoms. The fourth-order valence-electron chi connectivity index (χ4n) is 4.82. The average Bonchev–Trinajstić information content (AvgIpc) is 3.04. The van der Waals surface area contributed by atoms with Gasteiger partial charge in [-0.15, -0.1) is 0 Å². The lowest BCUT2D eigenvalue weighted by Crippen LogP contribution is -2.44. The topological polar surface area (TPSA) is 73.2 Å². The maximum absolute atomic E-state index is 12.7. The number of benzene rings is 1. The van der Waals surface area contributed by atoms with Crippen LogP contribution in [-0.2, 0) is 4.74 Å². The number of ether oxygens (including phenoxy) is 1.